The predicted molar refractivity (Wildman–Crippen MR) is 73.7 cm³/mol. The standard InChI is InChI=1S/C13H16N4O4/c1-21-12(19)6-4-7-14-11(18)9-17-13(20)16-8-3-2-5-10(16)15-17/h2-3,5,8H,4,6-7,9H2,1H3,(H,14,18). The van der Waals surface area contributed by atoms with E-state index in [-0.39, 0.29) is 30.5 Å². The minimum atomic E-state index is -0.365. The highest BCUT2D eigenvalue weighted by Gasteiger charge is 2.10. The summed E-state index contributed by atoms with van der Waals surface area (Å²) in [5.41, 5.74) is 0.122. The van der Waals surface area contributed by atoms with E-state index in [1.807, 2.05) is 0 Å². The van der Waals surface area contributed by atoms with E-state index in [1.165, 1.54) is 11.5 Å². The minimum absolute atomic E-state index is 0.154. The molecule has 0 aliphatic carbocycles. The van der Waals surface area contributed by atoms with Gasteiger partial charge in [0.05, 0.1) is 7.11 Å². The molecule has 0 aliphatic rings. The lowest BCUT2D eigenvalue weighted by atomic mass is 10.3. The second-order valence-corrected chi connectivity index (χ2v) is 4.40. The van der Waals surface area contributed by atoms with Crippen LogP contribution in [0, 0.1) is 0 Å². The van der Waals surface area contributed by atoms with Crippen molar-refractivity contribution in [3.8, 4) is 0 Å². The lowest BCUT2D eigenvalue weighted by molar-refractivity contribution is -0.140. The number of hydrogen-bond donors (Lipinski definition) is 1. The number of nitrogens with one attached hydrogen (secondary N) is 1. The molecule has 0 atom stereocenters. The molecule has 0 fully saturated rings. The lowest BCUT2D eigenvalue weighted by Gasteiger charge is -2.03. The maximum absolute atomic E-state index is 11.9. The Labute approximate surface area is 120 Å². The quantitative estimate of drug-likeness (QED) is 0.575. The summed E-state index contributed by atoms with van der Waals surface area (Å²) in [5, 5.41) is 6.68. The maximum Gasteiger partial charge on any atom is 0.350 e. The van der Waals surface area contributed by atoms with Crippen molar-refractivity contribution in [1.29, 1.82) is 0 Å². The molecule has 0 aromatic carbocycles. The first-order chi connectivity index (χ1) is 10.1. The van der Waals surface area contributed by atoms with Crippen molar-refractivity contribution in [3.05, 3.63) is 34.9 Å². The van der Waals surface area contributed by atoms with Crippen molar-refractivity contribution in [1.82, 2.24) is 19.5 Å². The Kier molecular flexibility index (Phi) is 4.70. The number of rotatable bonds is 6. The highest BCUT2D eigenvalue weighted by molar-refractivity contribution is 5.75. The monoisotopic (exact) mass is 292 g/mol. The van der Waals surface area contributed by atoms with Gasteiger partial charge in [-0.1, -0.05) is 6.07 Å². The van der Waals surface area contributed by atoms with E-state index < -0.39 is 0 Å². The summed E-state index contributed by atoms with van der Waals surface area (Å²) in [6.45, 7) is 0.189. The van der Waals surface area contributed by atoms with Crippen LogP contribution < -0.4 is 11.0 Å². The molecular weight excluding hydrogens is 276 g/mol. The van der Waals surface area contributed by atoms with Crippen molar-refractivity contribution in [2.45, 2.75) is 19.4 Å². The van der Waals surface area contributed by atoms with Gasteiger partial charge in [-0.3, -0.25) is 14.0 Å². The second kappa shape index (κ2) is 6.69. The molecule has 0 radical (unpaired) electrons. The van der Waals surface area contributed by atoms with E-state index >= 15 is 0 Å². The van der Waals surface area contributed by atoms with E-state index in [4.69, 9.17) is 0 Å². The zero-order valence-corrected chi connectivity index (χ0v) is 11.6. The number of pyridine rings is 1. The normalized spacial score (nSPS) is 10.5. The summed E-state index contributed by atoms with van der Waals surface area (Å²) in [6.07, 6.45) is 2.32. The summed E-state index contributed by atoms with van der Waals surface area (Å²) >= 11 is 0. The molecule has 0 spiro atoms. The number of amides is 1. The van der Waals surface area contributed by atoms with Crippen LogP contribution in [0.15, 0.2) is 29.2 Å². The van der Waals surface area contributed by atoms with Gasteiger partial charge in [0.15, 0.2) is 5.65 Å². The van der Waals surface area contributed by atoms with Gasteiger partial charge in [0.2, 0.25) is 5.91 Å². The Morgan fingerprint density at radius 1 is 1.38 bits per heavy atom. The number of fused-ring (bicyclic) bond motifs is 1. The third-order valence-corrected chi connectivity index (χ3v) is 2.89. The molecule has 0 aliphatic heterocycles. The van der Waals surface area contributed by atoms with E-state index in [0.717, 1.165) is 4.68 Å². The molecule has 1 N–H and O–H groups in total. The fourth-order valence-corrected chi connectivity index (χ4v) is 1.83. The van der Waals surface area contributed by atoms with Crippen molar-refractivity contribution < 1.29 is 14.3 Å². The van der Waals surface area contributed by atoms with Crippen LogP contribution in [0.25, 0.3) is 5.65 Å². The summed E-state index contributed by atoms with van der Waals surface area (Å²) < 4.78 is 6.96. The number of esters is 1. The van der Waals surface area contributed by atoms with Gasteiger partial charge in [0.1, 0.15) is 6.54 Å². The van der Waals surface area contributed by atoms with E-state index in [1.54, 1.807) is 24.4 Å². The molecule has 1 amide bonds. The zero-order chi connectivity index (χ0) is 15.2. The van der Waals surface area contributed by atoms with Gasteiger partial charge < -0.3 is 10.1 Å². The largest absolute Gasteiger partial charge is 0.469 e. The highest BCUT2D eigenvalue weighted by atomic mass is 16.5. The van der Waals surface area contributed by atoms with Crippen molar-refractivity contribution >= 4 is 17.5 Å². The first kappa shape index (κ1) is 14.8. The number of carbonyl (C=O) groups is 2. The molecule has 112 valence electrons. The molecule has 2 rings (SSSR count). The van der Waals surface area contributed by atoms with E-state index in [2.05, 4.69) is 15.2 Å². The molecule has 0 saturated carbocycles. The number of carbonyl (C=O) groups excluding carboxylic acids is 2. The van der Waals surface area contributed by atoms with Gasteiger partial charge in [-0.15, -0.1) is 5.10 Å². The molecule has 8 heteroatoms. The predicted octanol–water partition coefficient (Wildman–Crippen LogP) is -0.435. The summed E-state index contributed by atoms with van der Waals surface area (Å²) in [6, 6.07) is 5.17. The average Bonchev–Trinajstić information content (AvgIpc) is 2.80. The fourth-order valence-electron chi connectivity index (χ4n) is 1.83. The summed E-state index contributed by atoms with van der Waals surface area (Å²) in [7, 11) is 1.32. The van der Waals surface area contributed by atoms with E-state index in [0.29, 0.717) is 18.6 Å². The summed E-state index contributed by atoms with van der Waals surface area (Å²) in [4.78, 5) is 34.6. The number of ether oxygens (including phenoxy) is 1. The SMILES string of the molecule is COC(=O)CCCNC(=O)Cn1nc2ccccn2c1=O. The first-order valence-electron chi connectivity index (χ1n) is 6.49. The number of methoxy groups -OCH3 is 1. The Morgan fingerprint density at radius 3 is 2.90 bits per heavy atom. The van der Waals surface area contributed by atoms with Crippen molar-refractivity contribution in [3.63, 3.8) is 0 Å². The number of nitrogens with zero attached hydrogens (tertiary/aromatic N) is 3. The van der Waals surface area contributed by atoms with Crippen molar-refractivity contribution in [2.75, 3.05) is 13.7 Å². The second-order valence-electron chi connectivity index (χ2n) is 4.40. The van der Waals surface area contributed by atoms with Crippen LogP contribution in [-0.4, -0.2) is 39.7 Å². The molecule has 0 saturated heterocycles. The molecule has 0 unspecified atom stereocenters. The molecule has 2 heterocycles. The molecule has 0 bridgehead atoms. The number of hydrogen-bond acceptors (Lipinski definition) is 5. The zero-order valence-electron chi connectivity index (χ0n) is 11.6. The Balaban J connectivity index is 1.88. The van der Waals surface area contributed by atoms with Crippen LogP contribution in [0.4, 0.5) is 0 Å². The Morgan fingerprint density at radius 2 is 2.19 bits per heavy atom. The van der Waals surface area contributed by atoms with Gasteiger partial charge in [-0.2, -0.15) is 0 Å². The smallest absolute Gasteiger partial charge is 0.350 e. The topological polar surface area (TPSA) is 94.7 Å². The third kappa shape index (κ3) is 3.68. The van der Waals surface area contributed by atoms with Crippen LogP contribution in [0.2, 0.25) is 0 Å². The maximum atomic E-state index is 11.9. The average molecular weight is 292 g/mol. The van der Waals surface area contributed by atoms with Gasteiger partial charge >= 0.3 is 11.7 Å². The Bertz CT molecular complexity index is 704. The van der Waals surface area contributed by atoms with Crippen molar-refractivity contribution in [2.24, 2.45) is 0 Å². The Hall–Kier alpha value is -2.64. The molecule has 8 nitrogen and oxygen atoms in total. The van der Waals surface area contributed by atoms with Gasteiger partial charge in [0, 0.05) is 19.2 Å². The summed E-state index contributed by atoms with van der Waals surface area (Å²) in [5.74, 6) is -0.647. The van der Waals surface area contributed by atoms with Crippen LogP contribution in [0.1, 0.15) is 12.8 Å². The lowest BCUT2D eigenvalue weighted by Crippen LogP contribution is -2.33. The molecular formula is C13H16N4O4. The van der Waals surface area contributed by atoms with Crippen LogP contribution in [0.3, 0.4) is 0 Å². The van der Waals surface area contributed by atoms with Crippen LogP contribution in [0.5, 0.6) is 0 Å². The molecule has 21 heavy (non-hydrogen) atoms. The first-order valence-corrected chi connectivity index (χ1v) is 6.49. The van der Waals surface area contributed by atoms with Crippen LogP contribution in [-0.2, 0) is 20.9 Å². The van der Waals surface area contributed by atoms with Gasteiger partial charge in [-0.25, -0.2) is 9.48 Å². The van der Waals surface area contributed by atoms with Crippen LogP contribution >= 0.6 is 0 Å². The molecule has 2 aromatic heterocycles. The highest BCUT2D eigenvalue weighted by Crippen LogP contribution is 1.95. The number of aromatic nitrogens is 3. The van der Waals surface area contributed by atoms with E-state index in [9.17, 15) is 14.4 Å². The van der Waals surface area contributed by atoms with Gasteiger partial charge in [-0.05, 0) is 18.6 Å². The van der Waals surface area contributed by atoms with Gasteiger partial charge in [0.25, 0.3) is 0 Å². The fraction of sp³-hybridized carbons (Fsp3) is 0.385. The minimum Gasteiger partial charge on any atom is -0.469 e. The third-order valence-electron chi connectivity index (χ3n) is 2.89. The molecule has 2 aromatic rings.